The standard InChI is InChI=1S/C12H15N/c1-2-10-5-7-11-4-3-9-13-12(11)8-6-10/h3-6,8-9,11-12H,2,7H2,1H3. The quantitative estimate of drug-likeness (QED) is 0.578. The number of allylic oxidation sites excluding steroid dienone is 4. The molecule has 2 atom stereocenters. The van der Waals surface area contributed by atoms with Crippen molar-refractivity contribution in [2.75, 3.05) is 0 Å². The Morgan fingerprint density at radius 1 is 1.46 bits per heavy atom. The average molecular weight is 173 g/mol. The lowest BCUT2D eigenvalue weighted by molar-refractivity contribution is 0.585. The van der Waals surface area contributed by atoms with Crippen LogP contribution in [-0.4, -0.2) is 12.3 Å². The van der Waals surface area contributed by atoms with Gasteiger partial charge in [0.1, 0.15) is 0 Å². The summed E-state index contributed by atoms with van der Waals surface area (Å²) in [6.07, 6.45) is 15.3. The van der Waals surface area contributed by atoms with Gasteiger partial charge in [0.15, 0.2) is 0 Å². The summed E-state index contributed by atoms with van der Waals surface area (Å²) < 4.78 is 0. The van der Waals surface area contributed by atoms with Gasteiger partial charge in [0, 0.05) is 12.1 Å². The van der Waals surface area contributed by atoms with Gasteiger partial charge in [0.05, 0.1) is 6.04 Å². The van der Waals surface area contributed by atoms with Crippen molar-refractivity contribution in [2.45, 2.75) is 25.8 Å². The van der Waals surface area contributed by atoms with Crippen molar-refractivity contribution in [1.82, 2.24) is 0 Å². The highest BCUT2D eigenvalue weighted by molar-refractivity contribution is 5.72. The van der Waals surface area contributed by atoms with Crippen LogP contribution in [-0.2, 0) is 0 Å². The summed E-state index contributed by atoms with van der Waals surface area (Å²) in [5, 5.41) is 0. The monoisotopic (exact) mass is 173 g/mol. The molecule has 1 heterocycles. The zero-order valence-corrected chi connectivity index (χ0v) is 7.98. The van der Waals surface area contributed by atoms with Crippen molar-refractivity contribution in [3.63, 3.8) is 0 Å². The summed E-state index contributed by atoms with van der Waals surface area (Å²) in [7, 11) is 0. The molecule has 0 aromatic rings. The number of hydrogen-bond acceptors (Lipinski definition) is 1. The first-order valence-corrected chi connectivity index (χ1v) is 4.97. The van der Waals surface area contributed by atoms with Crippen molar-refractivity contribution in [3.8, 4) is 0 Å². The lowest BCUT2D eigenvalue weighted by atomic mass is 9.95. The topological polar surface area (TPSA) is 12.4 Å². The Morgan fingerprint density at radius 3 is 3.23 bits per heavy atom. The van der Waals surface area contributed by atoms with Crippen LogP contribution in [0.4, 0.5) is 0 Å². The third-order valence-electron chi connectivity index (χ3n) is 2.71. The van der Waals surface area contributed by atoms with Crippen LogP contribution in [0.15, 0.2) is 40.9 Å². The first-order chi connectivity index (χ1) is 6.40. The highest BCUT2D eigenvalue weighted by Gasteiger charge is 2.17. The largest absolute Gasteiger partial charge is 0.285 e. The number of fused-ring (bicyclic) bond motifs is 1. The van der Waals surface area contributed by atoms with Crippen LogP contribution < -0.4 is 0 Å². The maximum absolute atomic E-state index is 4.45. The second kappa shape index (κ2) is 3.73. The number of rotatable bonds is 1. The molecule has 2 aliphatic rings. The Kier molecular flexibility index (Phi) is 2.44. The molecule has 1 aliphatic carbocycles. The van der Waals surface area contributed by atoms with Gasteiger partial charge in [0.25, 0.3) is 0 Å². The van der Waals surface area contributed by atoms with Crippen LogP contribution in [0.1, 0.15) is 19.8 Å². The van der Waals surface area contributed by atoms with Crippen molar-refractivity contribution in [2.24, 2.45) is 10.9 Å². The zero-order chi connectivity index (χ0) is 9.10. The van der Waals surface area contributed by atoms with Gasteiger partial charge in [-0.1, -0.05) is 36.8 Å². The molecule has 0 amide bonds. The molecule has 13 heavy (non-hydrogen) atoms. The van der Waals surface area contributed by atoms with Crippen LogP contribution in [0.25, 0.3) is 0 Å². The van der Waals surface area contributed by atoms with Crippen molar-refractivity contribution >= 4 is 6.21 Å². The van der Waals surface area contributed by atoms with Crippen molar-refractivity contribution < 1.29 is 0 Å². The molecule has 0 aromatic heterocycles. The molecule has 0 saturated carbocycles. The van der Waals surface area contributed by atoms with Gasteiger partial charge in [-0.05, 0) is 18.9 Å². The van der Waals surface area contributed by atoms with E-state index >= 15 is 0 Å². The third-order valence-corrected chi connectivity index (χ3v) is 2.71. The first kappa shape index (κ1) is 8.49. The van der Waals surface area contributed by atoms with Crippen molar-refractivity contribution in [3.05, 3.63) is 36.0 Å². The predicted molar refractivity (Wildman–Crippen MR) is 57.0 cm³/mol. The lowest BCUT2D eigenvalue weighted by Crippen LogP contribution is -2.15. The Bertz CT molecular complexity index is 294. The molecule has 0 spiro atoms. The fourth-order valence-corrected chi connectivity index (χ4v) is 1.82. The van der Waals surface area contributed by atoms with Crippen LogP contribution in [0, 0.1) is 5.92 Å². The molecule has 0 fully saturated rings. The van der Waals surface area contributed by atoms with E-state index < -0.39 is 0 Å². The molecule has 68 valence electrons. The lowest BCUT2D eigenvalue weighted by Gasteiger charge is -2.17. The van der Waals surface area contributed by atoms with E-state index in [0.29, 0.717) is 12.0 Å². The summed E-state index contributed by atoms with van der Waals surface area (Å²) >= 11 is 0. The van der Waals surface area contributed by atoms with E-state index in [1.165, 1.54) is 5.57 Å². The van der Waals surface area contributed by atoms with E-state index in [9.17, 15) is 0 Å². The minimum Gasteiger partial charge on any atom is -0.285 e. The molecule has 0 aromatic carbocycles. The number of aliphatic imine (C=N–C) groups is 1. The summed E-state index contributed by atoms with van der Waals surface area (Å²) in [6.45, 7) is 2.20. The summed E-state index contributed by atoms with van der Waals surface area (Å²) in [4.78, 5) is 4.45. The predicted octanol–water partition coefficient (Wildman–Crippen LogP) is 2.91. The maximum atomic E-state index is 4.45. The van der Waals surface area contributed by atoms with Gasteiger partial charge in [0.2, 0.25) is 0 Å². The molecular weight excluding hydrogens is 158 g/mol. The fraction of sp³-hybridized carbons (Fsp3) is 0.417. The number of hydrogen-bond donors (Lipinski definition) is 0. The average Bonchev–Trinajstić information content (AvgIpc) is 2.39. The van der Waals surface area contributed by atoms with Gasteiger partial charge < -0.3 is 0 Å². The van der Waals surface area contributed by atoms with E-state index in [1.54, 1.807) is 0 Å². The van der Waals surface area contributed by atoms with Crippen molar-refractivity contribution in [1.29, 1.82) is 0 Å². The van der Waals surface area contributed by atoms with Crippen LogP contribution in [0.5, 0.6) is 0 Å². The SMILES string of the molecule is CCC1=CCC2C=CC=NC2C=C1. The maximum Gasteiger partial charge on any atom is 0.0748 e. The Morgan fingerprint density at radius 2 is 2.38 bits per heavy atom. The van der Waals surface area contributed by atoms with Gasteiger partial charge in [-0.2, -0.15) is 0 Å². The number of nitrogens with zero attached hydrogens (tertiary/aromatic N) is 1. The minimum atomic E-state index is 0.380. The Hall–Kier alpha value is -1.11. The molecule has 2 rings (SSSR count). The summed E-state index contributed by atoms with van der Waals surface area (Å²) in [5.74, 6) is 0.588. The molecule has 0 saturated heterocycles. The van der Waals surface area contributed by atoms with Gasteiger partial charge in [-0.25, -0.2) is 0 Å². The second-order valence-corrected chi connectivity index (χ2v) is 3.56. The Balaban J connectivity index is 2.19. The first-order valence-electron chi connectivity index (χ1n) is 4.97. The molecule has 1 heteroatoms. The minimum absolute atomic E-state index is 0.380. The van der Waals surface area contributed by atoms with E-state index in [4.69, 9.17) is 0 Å². The fourth-order valence-electron chi connectivity index (χ4n) is 1.82. The zero-order valence-electron chi connectivity index (χ0n) is 7.98. The van der Waals surface area contributed by atoms with E-state index in [1.807, 2.05) is 6.21 Å². The van der Waals surface area contributed by atoms with E-state index in [-0.39, 0.29) is 0 Å². The number of dihydropyridines is 1. The highest BCUT2D eigenvalue weighted by atomic mass is 14.8. The molecule has 1 nitrogen and oxygen atoms in total. The normalized spacial score (nSPS) is 31.0. The summed E-state index contributed by atoms with van der Waals surface area (Å²) in [5.41, 5.74) is 1.44. The van der Waals surface area contributed by atoms with Gasteiger partial charge in [-0.3, -0.25) is 4.99 Å². The second-order valence-electron chi connectivity index (χ2n) is 3.56. The smallest absolute Gasteiger partial charge is 0.0748 e. The van der Waals surface area contributed by atoms with Crippen LogP contribution in [0.2, 0.25) is 0 Å². The molecule has 0 N–H and O–H groups in total. The van der Waals surface area contributed by atoms with E-state index in [2.05, 4.69) is 42.3 Å². The molecule has 2 unspecified atom stereocenters. The van der Waals surface area contributed by atoms with E-state index in [0.717, 1.165) is 12.8 Å². The van der Waals surface area contributed by atoms with Crippen LogP contribution >= 0.6 is 0 Å². The van der Waals surface area contributed by atoms with Crippen LogP contribution in [0.3, 0.4) is 0 Å². The van der Waals surface area contributed by atoms with Gasteiger partial charge >= 0.3 is 0 Å². The third kappa shape index (κ3) is 1.80. The molecular formula is C12H15N. The molecule has 0 bridgehead atoms. The highest BCUT2D eigenvalue weighted by Crippen LogP contribution is 2.24. The molecule has 1 aliphatic heterocycles. The molecule has 0 radical (unpaired) electrons. The summed E-state index contributed by atoms with van der Waals surface area (Å²) in [6, 6.07) is 0.380. The van der Waals surface area contributed by atoms with Gasteiger partial charge in [-0.15, -0.1) is 0 Å². The Labute approximate surface area is 79.6 Å².